The molecule has 2 unspecified atom stereocenters. The summed E-state index contributed by atoms with van der Waals surface area (Å²) in [7, 11) is 1.76. The Morgan fingerprint density at radius 2 is 1.55 bits per heavy atom. The van der Waals surface area contributed by atoms with Crippen molar-refractivity contribution in [2.45, 2.75) is 88.5 Å². The number of methoxy groups -OCH3 is 1. The van der Waals surface area contributed by atoms with Crippen molar-refractivity contribution >= 4 is 11.1 Å². The summed E-state index contributed by atoms with van der Waals surface area (Å²) in [5.41, 5.74) is 4.84. The van der Waals surface area contributed by atoms with E-state index in [9.17, 15) is 0 Å². The van der Waals surface area contributed by atoms with Crippen molar-refractivity contribution < 1.29 is 4.74 Å². The Kier molecular flexibility index (Phi) is 20.0. The number of rotatable bonds is 4. The Morgan fingerprint density at radius 3 is 2.00 bits per heavy atom. The summed E-state index contributed by atoms with van der Waals surface area (Å²) < 4.78 is 5.76. The molecule has 1 heteroatoms. The van der Waals surface area contributed by atoms with E-state index in [4.69, 9.17) is 4.74 Å². The topological polar surface area (TPSA) is 9.23 Å². The summed E-state index contributed by atoms with van der Waals surface area (Å²) in [5.74, 6) is 2.51. The van der Waals surface area contributed by atoms with Crippen LogP contribution >= 0.6 is 0 Å². The largest absolute Gasteiger partial charge is 0.495 e. The van der Waals surface area contributed by atoms with Crippen LogP contribution in [0.25, 0.3) is 11.1 Å². The molecule has 0 spiro atoms. The van der Waals surface area contributed by atoms with Gasteiger partial charge in [0.05, 0.1) is 7.11 Å². The van der Waals surface area contributed by atoms with Gasteiger partial charge in [0.2, 0.25) is 0 Å². The first-order valence-electron chi connectivity index (χ1n) is 12.5. The maximum atomic E-state index is 5.76. The third-order valence-corrected chi connectivity index (χ3v) is 4.31. The van der Waals surface area contributed by atoms with Crippen LogP contribution in [0, 0.1) is 11.8 Å². The summed E-state index contributed by atoms with van der Waals surface area (Å²) in [6.45, 7) is 20.6. The second kappa shape index (κ2) is 19.9. The second-order valence-corrected chi connectivity index (χ2v) is 7.09. The van der Waals surface area contributed by atoms with Crippen LogP contribution in [0.2, 0.25) is 0 Å². The molecule has 0 heterocycles. The molecule has 0 amide bonds. The molecule has 0 bridgehead atoms. The molecule has 1 aromatic carbocycles. The quantitative estimate of drug-likeness (QED) is 0.435. The molecule has 1 fully saturated rings. The van der Waals surface area contributed by atoms with E-state index in [0.717, 1.165) is 23.1 Å². The molecule has 0 aromatic heterocycles. The molecule has 2 aliphatic carbocycles. The van der Waals surface area contributed by atoms with Crippen LogP contribution < -0.4 is 4.74 Å². The van der Waals surface area contributed by atoms with Crippen LogP contribution in [-0.2, 0) is 0 Å². The minimum atomic E-state index is 0.745. The zero-order valence-corrected chi connectivity index (χ0v) is 22.4. The third kappa shape index (κ3) is 10.7. The van der Waals surface area contributed by atoms with Gasteiger partial charge in [0.15, 0.2) is 0 Å². The number of ether oxygens (including phenoxy) is 1. The van der Waals surface area contributed by atoms with Crippen LogP contribution in [0.3, 0.4) is 0 Å². The summed E-state index contributed by atoms with van der Waals surface area (Å²) in [5, 5.41) is 0. The number of fused-ring (bicyclic) bond motifs is 1. The second-order valence-electron chi connectivity index (χ2n) is 7.09. The molecular weight excluding hydrogens is 376 g/mol. The van der Waals surface area contributed by atoms with Gasteiger partial charge in [-0.15, -0.1) is 0 Å². The van der Waals surface area contributed by atoms with E-state index in [-0.39, 0.29) is 0 Å². The highest BCUT2D eigenvalue weighted by atomic mass is 16.5. The molecule has 0 aliphatic heterocycles. The summed E-state index contributed by atoms with van der Waals surface area (Å²) >= 11 is 0. The normalized spacial score (nSPS) is 17.8. The van der Waals surface area contributed by atoms with Gasteiger partial charge in [-0.1, -0.05) is 123 Å². The Bertz CT molecular complexity index is 686. The van der Waals surface area contributed by atoms with E-state index >= 15 is 0 Å². The van der Waals surface area contributed by atoms with Crippen molar-refractivity contribution in [1.82, 2.24) is 0 Å². The van der Waals surface area contributed by atoms with E-state index < -0.39 is 0 Å². The molecule has 0 saturated heterocycles. The van der Waals surface area contributed by atoms with Gasteiger partial charge in [-0.25, -0.2) is 0 Å². The fraction of sp³-hybridized carbons (Fsp3) is 0.533. The Hall–Kier alpha value is -2.02. The molecule has 0 N–H and O–H groups in total. The Labute approximate surface area is 195 Å². The van der Waals surface area contributed by atoms with Crippen molar-refractivity contribution in [2.24, 2.45) is 11.8 Å². The SMILES string of the molecule is C/C=C\C(=C/C)c1cccc(C2=CC3CC3C=C2)c1OC.CC.CC.CCC.CCC. The van der Waals surface area contributed by atoms with E-state index in [0.29, 0.717) is 0 Å². The minimum absolute atomic E-state index is 0.745. The predicted octanol–water partition coefficient (Wildman–Crippen LogP) is 10.1. The molecule has 2 aliphatic rings. The lowest BCUT2D eigenvalue weighted by Crippen LogP contribution is -1.97. The van der Waals surface area contributed by atoms with Gasteiger partial charge in [0.25, 0.3) is 0 Å². The molecular formula is C30H50O. The predicted molar refractivity (Wildman–Crippen MR) is 145 cm³/mol. The first kappa shape index (κ1) is 31.2. The van der Waals surface area contributed by atoms with Crippen LogP contribution in [-0.4, -0.2) is 7.11 Å². The van der Waals surface area contributed by atoms with Gasteiger partial charge < -0.3 is 4.74 Å². The molecule has 2 atom stereocenters. The van der Waals surface area contributed by atoms with E-state index in [1.165, 1.54) is 36.0 Å². The minimum Gasteiger partial charge on any atom is -0.495 e. The summed E-state index contributed by atoms with van der Waals surface area (Å²) in [6, 6.07) is 6.41. The fourth-order valence-electron chi connectivity index (χ4n) is 3.07. The highest BCUT2D eigenvalue weighted by Crippen LogP contribution is 2.47. The van der Waals surface area contributed by atoms with Crippen LogP contribution in [0.4, 0.5) is 0 Å². The lowest BCUT2D eigenvalue weighted by molar-refractivity contribution is 0.412. The van der Waals surface area contributed by atoms with Crippen LogP contribution in [0.15, 0.2) is 54.7 Å². The van der Waals surface area contributed by atoms with E-state index in [1.807, 2.05) is 34.6 Å². The Balaban J connectivity index is 0. The fourth-order valence-corrected chi connectivity index (χ4v) is 3.07. The average Bonchev–Trinajstić information content (AvgIpc) is 3.59. The highest BCUT2D eigenvalue weighted by molar-refractivity contribution is 5.86. The maximum absolute atomic E-state index is 5.76. The molecule has 31 heavy (non-hydrogen) atoms. The molecule has 3 rings (SSSR count). The lowest BCUT2D eigenvalue weighted by atomic mass is 9.94. The van der Waals surface area contributed by atoms with Gasteiger partial charge >= 0.3 is 0 Å². The first-order chi connectivity index (χ1) is 15.1. The Morgan fingerprint density at radius 1 is 0.968 bits per heavy atom. The standard InChI is InChI=1S/C20H22O.2C3H8.2C2H6/c1-4-7-14(5-2)18-8-6-9-19(20(18)21-3)16-11-10-15-12-17(15)13-16;2*1-3-2;2*1-2/h4-11,13,15,17H,12H2,1-3H3;2*3H2,1-2H3;2*1-2H3/b7-4-,14-5+;;;;. The van der Waals surface area contributed by atoms with Gasteiger partial charge in [-0.05, 0) is 43.3 Å². The highest BCUT2D eigenvalue weighted by Gasteiger charge is 2.35. The van der Waals surface area contributed by atoms with Crippen molar-refractivity contribution in [1.29, 1.82) is 0 Å². The summed E-state index contributed by atoms with van der Waals surface area (Å²) in [4.78, 5) is 0. The van der Waals surface area contributed by atoms with Crippen molar-refractivity contribution in [3.05, 3.63) is 65.8 Å². The number of benzene rings is 1. The number of para-hydroxylation sites is 1. The molecule has 1 aromatic rings. The van der Waals surface area contributed by atoms with E-state index in [2.05, 4.69) is 89.3 Å². The lowest BCUT2D eigenvalue weighted by Gasteiger charge is -2.16. The van der Waals surface area contributed by atoms with Crippen molar-refractivity contribution in [3.8, 4) is 5.75 Å². The molecule has 1 saturated carbocycles. The van der Waals surface area contributed by atoms with Gasteiger partial charge in [0.1, 0.15) is 5.75 Å². The summed E-state index contributed by atoms with van der Waals surface area (Å²) in [6.07, 6.45) is 17.1. The number of allylic oxidation sites excluding steroid dienone is 8. The molecule has 176 valence electrons. The average molecular weight is 427 g/mol. The zero-order valence-electron chi connectivity index (χ0n) is 22.4. The van der Waals surface area contributed by atoms with Crippen LogP contribution in [0.5, 0.6) is 5.75 Å². The number of hydrogen-bond acceptors (Lipinski definition) is 1. The molecule has 1 nitrogen and oxygen atoms in total. The monoisotopic (exact) mass is 426 g/mol. The van der Waals surface area contributed by atoms with Gasteiger partial charge in [-0.3, -0.25) is 0 Å². The third-order valence-electron chi connectivity index (χ3n) is 4.31. The zero-order chi connectivity index (χ0) is 24.2. The maximum Gasteiger partial charge on any atom is 0.134 e. The molecule has 0 radical (unpaired) electrons. The van der Waals surface area contributed by atoms with Crippen molar-refractivity contribution in [2.75, 3.05) is 7.11 Å². The van der Waals surface area contributed by atoms with Crippen LogP contribution in [0.1, 0.15) is 99.6 Å². The van der Waals surface area contributed by atoms with E-state index in [1.54, 1.807) is 7.11 Å². The van der Waals surface area contributed by atoms with Gasteiger partial charge in [0, 0.05) is 11.1 Å². The number of hydrogen-bond donors (Lipinski definition) is 0. The van der Waals surface area contributed by atoms with Gasteiger partial charge in [-0.2, -0.15) is 0 Å². The smallest absolute Gasteiger partial charge is 0.134 e. The van der Waals surface area contributed by atoms with Crippen molar-refractivity contribution in [3.63, 3.8) is 0 Å². The first-order valence-corrected chi connectivity index (χ1v) is 12.5.